The molecule has 0 heterocycles. The van der Waals surface area contributed by atoms with Crippen LogP contribution in [-0.4, -0.2) is 25.0 Å². The molecule has 2 N–H and O–H groups in total. The molecule has 5 heteroatoms. The number of anilines is 1. The Bertz CT molecular complexity index is 770. The van der Waals surface area contributed by atoms with Gasteiger partial charge in [-0.1, -0.05) is 61.7 Å². The fourth-order valence-corrected chi connectivity index (χ4v) is 3.52. The molecule has 1 saturated carbocycles. The number of amides is 2. The van der Waals surface area contributed by atoms with Gasteiger partial charge in [0.2, 0.25) is 0 Å². The number of hydrogen-bond acceptors (Lipinski definition) is 3. The molecule has 5 nitrogen and oxygen atoms in total. The molecule has 1 fully saturated rings. The minimum atomic E-state index is -0.735. The van der Waals surface area contributed by atoms with E-state index in [1.54, 1.807) is 24.3 Å². The van der Waals surface area contributed by atoms with Crippen molar-refractivity contribution in [3.8, 4) is 0 Å². The zero-order valence-corrected chi connectivity index (χ0v) is 15.6. The number of carbonyl (C=O) groups is 2. The van der Waals surface area contributed by atoms with Crippen molar-refractivity contribution < 1.29 is 14.3 Å². The Hall–Kier alpha value is -2.66. The molecule has 2 aromatic rings. The van der Waals surface area contributed by atoms with Gasteiger partial charge in [-0.15, -0.1) is 0 Å². The van der Waals surface area contributed by atoms with E-state index in [9.17, 15) is 9.59 Å². The maximum Gasteiger partial charge on any atom is 0.258 e. The zero-order valence-electron chi connectivity index (χ0n) is 15.6. The van der Waals surface area contributed by atoms with Crippen molar-refractivity contribution in [3.05, 3.63) is 65.7 Å². The number of rotatable bonds is 6. The highest BCUT2D eigenvalue weighted by Gasteiger charge is 2.23. The third-order valence-electron chi connectivity index (χ3n) is 4.95. The Morgan fingerprint density at radius 1 is 0.963 bits per heavy atom. The molecular weight excluding hydrogens is 340 g/mol. The van der Waals surface area contributed by atoms with Crippen molar-refractivity contribution in [2.45, 2.75) is 44.2 Å². The summed E-state index contributed by atoms with van der Waals surface area (Å²) in [5.74, 6) is -0.451. The van der Waals surface area contributed by atoms with Crippen LogP contribution >= 0.6 is 0 Å². The SMILES string of the molecule is CO[C@@H](C(=O)Nc1ccccc1C(=O)NC1CCCCC1)c1ccccc1. The summed E-state index contributed by atoms with van der Waals surface area (Å²) in [7, 11) is 1.50. The van der Waals surface area contributed by atoms with Gasteiger partial charge in [0.15, 0.2) is 6.10 Å². The Morgan fingerprint density at radius 2 is 1.63 bits per heavy atom. The molecular formula is C22H26N2O3. The molecule has 0 aliphatic heterocycles. The van der Waals surface area contributed by atoms with E-state index in [4.69, 9.17) is 4.74 Å². The third kappa shape index (κ3) is 4.95. The number of hydrogen-bond donors (Lipinski definition) is 2. The first-order valence-electron chi connectivity index (χ1n) is 9.47. The van der Waals surface area contributed by atoms with Crippen LogP contribution in [0.3, 0.4) is 0 Å². The summed E-state index contributed by atoms with van der Waals surface area (Å²) < 4.78 is 5.38. The molecule has 0 saturated heterocycles. The summed E-state index contributed by atoms with van der Waals surface area (Å²) in [6.45, 7) is 0. The Kier molecular flexibility index (Phi) is 6.60. The van der Waals surface area contributed by atoms with Crippen molar-refractivity contribution in [1.29, 1.82) is 0 Å². The predicted octanol–water partition coefficient (Wildman–Crippen LogP) is 4.08. The minimum Gasteiger partial charge on any atom is -0.367 e. The lowest BCUT2D eigenvalue weighted by Gasteiger charge is -2.23. The van der Waals surface area contributed by atoms with Gasteiger partial charge in [0, 0.05) is 13.2 Å². The van der Waals surface area contributed by atoms with Crippen molar-refractivity contribution in [2.75, 3.05) is 12.4 Å². The molecule has 142 valence electrons. The van der Waals surface area contributed by atoms with E-state index in [1.807, 2.05) is 30.3 Å². The van der Waals surface area contributed by atoms with E-state index in [2.05, 4.69) is 10.6 Å². The lowest BCUT2D eigenvalue weighted by molar-refractivity contribution is -0.126. The summed E-state index contributed by atoms with van der Waals surface area (Å²) >= 11 is 0. The van der Waals surface area contributed by atoms with Crippen molar-refractivity contribution in [3.63, 3.8) is 0 Å². The molecule has 0 radical (unpaired) electrons. The minimum absolute atomic E-state index is 0.147. The molecule has 27 heavy (non-hydrogen) atoms. The van der Waals surface area contributed by atoms with Crippen LogP contribution in [0.25, 0.3) is 0 Å². The Labute approximate surface area is 160 Å². The van der Waals surface area contributed by atoms with Gasteiger partial charge in [-0.2, -0.15) is 0 Å². The number of benzene rings is 2. The topological polar surface area (TPSA) is 67.4 Å². The Morgan fingerprint density at radius 3 is 2.33 bits per heavy atom. The van der Waals surface area contributed by atoms with Crippen LogP contribution in [0.2, 0.25) is 0 Å². The molecule has 0 aromatic heterocycles. The van der Waals surface area contributed by atoms with Gasteiger partial charge in [-0.3, -0.25) is 9.59 Å². The fourth-order valence-electron chi connectivity index (χ4n) is 3.52. The number of methoxy groups -OCH3 is 1. The molecule has 0 spiro atoms. The number of para-hydroxylation sites is 1. The largest absolute Gasteiger partial charge is 0.367 e. The van der Waals surface area contributed by atoms with Gasteiger partial charge in [0.1, 0.15) is 0 Å². The molecule has 1 atom stereocenters. The number of ether oxygens (including phenoxy) is 1. The van der Waals surface area contributed by atoms with Gasteiger partial charge < -0.3 is 15.4 Å². The Balaban J connectivity index is 1.73. The lowest BCUT2D eigenvalue weighted by Crippen LogP contribution is -2.36. The van der Waals surface area contributed by atoms with Crippen LogP contribution in [0.4, 0.5) is 5.69 Å². The lowest BCUT2D eigenvalue weighted by atomic mass is 9.95. The molecule has 0 unspecified atom stereocenters. The number of carbonyl (C=O) groups excluding carboxylic acids is 2. The summed E-state index contributed by atoms with van der Waals surface area (Å²) in [4.78, 5) is 25.5. The first kappa shape index (κ1) is 19.1. The zero-order chi connectivity index (χ0) is 19.1. The second-order valence-electron chi connectivity index (χ2n) is 6.87. The molecule has 0 bridgehead atoms. The fraction of sp³-hybridized carbons (Fsp3) is 0.364. The summed E-state index contributed by atoms with van der Waals surface area (Å²) in [5.41, 5.74) is 1.73. The van der Waals surface area contributed by atoms with E-state index in [-0.39, 0.29) is 17.9 Å². The van der Waals surface area contributed by atoms with Crippen LogP contribution in [-0.2, 0) is 9.53 Å². The first-order chi connectivity index (χ1) is 13.2. The normalized spacial score (nSPS) is 15.7. The van der Waals surface area contributed by atoms with Crippen molar-refractivity contribution in [1.82, 2.24) is 5.32 Å². The smallest absolute Gasteiger partial charge is 0.258 e. The highest BCUT2D eigenvalue weighted by Crippen LogP contribution is 2.22. The second kappa shape index (κ2) is 9.33. The number of nitrogens with one attached hydrogen (secondary N) is 2. The van der Waals surface area contributed by atoms with E-state index in [0.717, 1.165) is 31.2 Å². The molecule has 1 aliphatic rings. The van der Waals surface area contributed by atoms with Gasteiger partial charge in [0.05, 0.1) is 11.3 Å². The van der Waals surface area contributed by atoms with Crippen LogP contribution in [0.5, 0.6) is 0 Å². The quantitative estimate of drug-likeness (QED) is 0.810. The van der Waals surface area contributed by atoms with Crippen molar-refractivity contribution in [2.24, 2.45) is 0 Å². The highest BCUT2D eigenvalue weighted by atomic mass is 16.5. The van der Waals surface area contributed by atoms with E-state index < -0.39 is 6.10 Å². The monoisotopic (exact) mass is 366 g/mol. The maximum absolute atomic E-state index is 12.7. The van der Waals surface area contributed by atoms with Crippen LogP contribution in [0.15, 0.2) is 54.6 Å². The van der Waals surface area contributed by atoms with Gasteiger partial charge in [0.25, 0.3) is 11.8 Å². The predicted molar refractivity (Wildman–Crippen MR) is 106 cm³/mol. The van der Waals surface area contributed by atoms with Gasteiger partial charge >= 0.3 is 0 Å². The van der Waals surface area contributed by atoms with E-state index in [1.165, 1.54) is 13.5 Å². The van der Waals surface area contributed by atoms with Crippen LogP contribution in [0.1, 0.15) is 54.1 Å². The van der Waals surface area contributed by atoms with Gasteiger partial charge in [-0.25, -0.2) is 0 Å². The van der Waals surface area contributed by atoms with E-state index in [0.29, 0.717) is 11.3 Å². The van der Waals surface area contributed by atoms with Crippen LogP contribution in [0, 0.1) is 0 Å². The molecule has 2 aromatic carbocycles. The molecule has 2 amide bonds. The second-order valence-corrected chi connectivity index (χ2v) is 6.87. The van der Waals surface area contributed by atoms with Gasteiger partial charge in [-0.05, 0) is 30.5 Å². The average Bonchev–Trinajstić information content (AvgIpc) is 2.70. The summed E-state index contributed by atoms with van der Waals surface area (Å²) in [5, 5.41) is 5.96. The first-order valence-corrected chi connectivity index (χ1v) is 9.47. The molecule has 3 rings (SSSR count). The van der Waals surface area contributed by atoms with E-state index >= 15 is 0 Å². The van der Waals surface area contributed by atoms with Crippen molar-refractivity contribution >= 4 is 17.5 Å². The summed E-state index contributed by atoms with van der Waals surface area (Å²) in [6.07, 6.45) is 4.82. The molecule has 1 aliphatic carbocycles. The third-order valence-corrected chi connectivity index (χ3v) is 4.95. The standard InChI is InChI=1S/C22H26N2O3/c1-27-20(16-10-4-2-5-11-16)22(26)24-19-15-9-8-14-18(19)21(25)23-17-12-6-3-7-13-17/h2,4-5,8-11,14-15,17,20H,3,6-7,12-13H2,1H3,(H,23,25)(H,24,26)/t20-/m1/s1. The highest BCUT2D eigenvalue weighted by molar-refractivity contribution is 6.04. The average molecular weight is 366 g/mol. The summed E-state index contributed by atoms with van der Waals surface area (Å²) in [6, 6.07) is 16.6. The van der Waals surface area contributed by atoms with Crippen LogP contribution < -0.4 is 10.6 Å². The maximum atomic E-state index is 12.7.